The van der Waals surface area contributed by atoms with Gasteiger partial charge in [-0.15, -0.1) is 0 Å². The van der Waals surface area contributed by atoms with Crippen LogP contribution in [0.25, 0.3) is 22.1 Å². The van der Waals surface area contributed by atoms with Gasteiger partial charge >= 0.3 is 5.97 Å². The van der Waals surface area contributed by atoms with Gasteiger partial charge in [-0.2, -0.15) is 0 Å². The third-order valence-corrected chi connectivity index (χ3v) is 5.79. The first-order valence-corrected chi connectivity index (χ1v) is 11.5. The maximum Gasteiger partial charge on any atom is 0.310 e. The Kier molecular flexibility index (Phi) is 8.13. The molecule has 4 rings (SSSR count). The van der Waals surface area contributed by atoms with E-state index in [1.807, 2.05) is 42.5 Å². The van der Waals surface area contributed by atoms with E-state index in [4.69, 9.17) is 19.6 Å². The summed E-state index contributed by atoms with van der Waals surface area (Å²) in [6, 6.07) is 18.6. The number of halogens is 1. The molecule has 0 spiro atoms. The number of carbonyl (C=O) groups excluding carboxylic acids is 1. The van der Waals surface area contributed by atoms with Crippen LogP contribution in [-0.2, 0) is 33.8 Å². The van der Waals surface area contributed by atoms with Crippen molar-refractivity contribution >= 4 is 22.6 Å². The summed E-state index contributed by atoms with van der Waals surface area (Å²) in [5.41, 5.74) is 10.5. The summed E-state index contributed by atoms with van der Waals surface area (Å²) in [6.07, 6.45) is 2.43. The molecule has 0 amide bonds. The van der Waals surface area contributed by atoms with Crippen molar-refractivity contribution in [2.45, 2.75) is 25.9 Å². The van der Waals surface area contributed by atoms with Crippen LogP contribution in [0.5, 0.6) is 0 Å². The first kappa shape index (κ1) is 24.4. The smallest absolute Gasteiger partial charge is 0.310 e. The second-order valence-electron chi connectivity index (χ2n) is 8.22. The van der Waals surface area contributed by atoms with E-state index in [-0.39, 0.29) is 24.8 Å². The molecule has 3 aromatic carbocycles. The first-order chi connectivity index (χ1) is 17.1. The Morgan fingerprint density at radius 2 is 1.86 bits per heavy atom. The van der Waals surface area contributed by atoms with Crippen molar-refractivity contribution in [2.75, 3.05) is 25.6 Å². The lowest BCUT2D eigenvalue weighted by atomic mass is 9.98. The molecule has 0 unspecified atom stereocenters. The van der Waals surface area contributed by atoms with Crippen molar-refractivity contribution in [1.82, 2.24) is 0 Å². The second kappa shape index (κ2) is 11.6. The summed E-state index contributed by atoms with van der Waals surface area (Å²) in [6.45, 7) is 1.48. The standard InChI is InChI=1S/C28H29FN2O4/c1-33-11-5-12-34-26(32)16-20-6-2-3-9-25(20)31-18-19-14-21-10-13-35-28(21)24(15-19)23-8-4-7-22(17-30)27(23)29/h2-4,6-10,13-15,31H,5,11-12,16-18,30H2,1H3. The number of para-hydroxylation sites is 1. The molecule has 7 heteroatoms. The van der Waals surface area contributed by atoms with Gasteiger partial charge in [-0.3, -0.25) is 4.79 Å². The number of ether oxygens (including phenoxy) is 2. The van der Waals surface area contributed by atoms with E-state index >= 15 is 4.39 Å². The van der Waals surface area contributed by atoms with Crippen molar-refractivity contribution in [3.63, 3.8) is 0 Å². The highest BCUT2D eigenvalue weighted by atomic mass is 19.1. The van der Waals surface area contributed by atoms with Crippen LogP contribution in [0.2, 0.25) is 0 Å². The van der Waals surface area contributed by atoms with Gasteiger partial charge in [0.25, 0.3) is 0 Å². The van der Waals surface area contributed by atoms with E-state index in [0.717, 1.165) is 22.2 Å². The second-order valence-corrected chi connectivity index (χ2v) is 8.22. The zero-order chi connectivity index (χ0) is 24.6. The van der Waals surface area contributed by atoms with Crippen LogP contribution in [-0.4, -0.2) is 26.3 Å². The van der Waals surface area contributed by atoms with E-state index < -0.39 is 0 Å². The number of esters is 1. The van der Waals surface area contributed by atoms with E-state index in [9.17, 15) is 4.79 Å². The van der Waals surface area contributed by atoms with E-state index in [1.165, 1.54) is 0 Å². The zero-order valence-corrected chi connectivity index (χ0v) is 19.7. The van der Waals surface area contributed by atoms with Gasteiger partial charge in [-0.1, -0.05) is 36.4 Å². The number of methoxy groups -OCH3 is 1. The molecule has 0 atom stereocenters. The van der Waals surface area contributed by atoms with Crippen LogP contribution in [0.1, 0.15) is 23.1 Å². The summed E-state index contributed by atoms with van der Waals surface area (Å²) < 4.78 is 31.1. The number of furan rings is 1. The van der Waals surface area contributed by atoms with Gasteiger partial charge in [0.1, 0.15) is 11.4 Å². The molecule has 0 saturated heterocycles. The summed E-state index contributed by atoms with van der Waals surface area (Å²) in [7, 11) is 1.62. The minimum absolute atomic E-state index is 0.119. The van der Waals surface area contributed by atoms with E-state index in [1.54, 1.807) is 31.6 Å². The maximum absolute atomic E-state index is 15.1. The van der Waals surface area contributed by atoms with Crippen LogP contribution in [0.15, 0.2) is 71.3 Å². The number of hydrogen-bond donors (Lipinski definition) is 2. The van der Waals surface area contributed by atoms with E-state index in [2.05, 4.69) is 5.32 Å². The van der Waals surface area contributed by atoms with Crippen LogP contribution in [0, 0.1) is 5.82 Å². The molecule has 35 heavy (non-hydrogen) atoms. The molecule has 0 fully saturated rings. The van der Waals surface area contributed by atoms with Gasteiger partial charge in [-0.25, -0.2) is 4.39 Å². The summed E-state index contributed by atoms with van der Waals surface area (Å²) in [5, 5.41) is 4.29. The minimum Gasteiger partial charge on any atom is -0.465 e. The SMILES string of the molecule is COCCCOC(=O)Cc1ccccc1NCc1cc(-c2cccc(CN)c2F)c2occc2c1. The number of hydrogen-bond acceptors (Lipinski definition) is 6. The molecule has 4 aromatic rings. The Hall–Kier alpha value is -3.68. The highest BCUT2D eigenvalue weighted by Crippen LogP contribution is 2.34. The molecule has 0 aliphatic heterocycles. The molecule has 1 heterocycles. The average Bonchev–Trinajstić information content (AvgIpc) is 3.35. The summed E-state index contributed by atoms with van der Waals surface area (Å²) in [5.74, 6) is -0.625. The van der Waals surface area contributed by atoms with Crippen molar-refractivity contribution in [3.8, 4) is 11.1 Å². The predicted molar refractivity (Wildman–Crippen MR) is 134 cm³/mol. The molecule has 0 saturated carbocycles. The molecule has 3 N–H and O–H groups in total. The maximum atomic E-state index is 15.1. The minimum atomic E-state index is -0.341. The van der Waals surface area contributed by atoms with Crippen molar-refractivity contribution in [1.29, 1.82) is 0 Å². The van der Waals surface area contributed by atoms with Gasteiger partial charge in [0.2, 0.25) is 0 Å². The van der Waals surface area contributed by atoms with Gasteiger partial charge in [0.15, 0.2) is 0 Å². The number of nitrogens with two attached hydrogens (primary N) is 1. The van der Waals surface area contributed by atoms with Gasteiger partial charge in [0.05, 0.1) is 19.3 Å². The molecule has 6 nitrogen and oxygen atoms in total. The molecule has 0 radical (unpaired) electrons. The number of benzene rings is 3. The molecule has 1 aromatic heterocycles. The quantitative estimate of drug-likeness (QED) is 0.222. The number of nitrogens with one attached hydrogen (secondary N) is 1. The Morgan fingerprint density at radius 1 is 1.03 bits per heavy atom. The normalized spacial score (nSPS) is 11.1. The van der Waals surface area contributed by atoms with Gasteiger partial charge in [0, 0.05) is 61.0 Å². The Balaban J connectivity index is 1.54. The fourth-order valence-corrected chi connectivity index (χ4v) is 4.03. The number of anilines is 1. The fourth-order valence-electron chi connectivity index (χ4n) is 4.03. The Labute approximate surface area is 203 Å². The van der Waals surface area contributed by atoms with Crippen LogP contribution < -0.4 is 11.1 Å². The summed E-state index contributed by atoms with van der Waals surface area (Å²) >= 11 is 0. The van der Waals surface area contributed by atoms with Crippen molar-refractivity contribution < 1.29 is 23.1 Å². The molecule has 182 valence electrons. The van der Waals surface area contributed by atoms with Gasteiger partial charge < -0.3 is 24.9 Å². The van der Waals surface area contributed by atoms with Gasteiger partial charge in [-0.05, 0) is 35.4 Å². The Morgan fingerprint density at radius 3 is 2.69 bits per heavy atom. The Bertz CT molecular complexity index is 1300. The van der Waals surface area contributed by atoms with Crippen LogP contribution in [0.4, 0.5) is 10.1 Å². The largest absolute Gasteiger partial charge is 0.465 e. The molecule has 0 aliphatic rings. The fraction of sp³-hybridized carbons (Fsp3) is 0.250. The molecular weight excluding hydrogens is 447 g/mol. The topological polar surface area (TPSA) is 86.7 Å². The molecule has 0 aliphatic carbocycles. The van der Waals surface area contributed by atoms with Crippen molar-refractivity contribution in [3.05, 3.63) is 89.4 Å². The van der Waals surface area contributed by atoms with Crippen LogP contribution >= 0.6 is 0 Å². The lowest BCUT2D eigenvalue weighted by Crippen LogP contribution is -2.12. The number of carbonyl (C=O) groups is 1. The summed E-state index contributed by atoms with van der Waals surface area (Å²) in [4.78, 5) is 12.3. The average molecular weight is 477 g/mol. The van der Waals surface area contributed by atoms with Crippen LogP contribution in [0.3, 0.4) is 0 Å². The lowest BCUT2D eigenvalue weighted by Gasteiger charge is -2.14. The van der Waals surface area contributed by atoms with E-state index in [0.29, 0.717) is 48.5 Å². The highest BCUT2D eigenvalue weighted by Gasteiger charge is 2.16. The number of fused-ring (bicyclic) bond motifs is 1. The zero-order valence-electron chi connectivity index (χ0n) is 19.7. The third kappa shape index (κ3) is 5.88. The monoisotopic (exact) mass is 476 g/mol. The molecule has 0 bridgehead atoms. The lowest BCUT2D eigenvalue weighted by molar-refractivity contribution is -0.143. The predicted octanol–water partition coefficient (Wildman–Crippen LogP) is 5.43. The number of rotatable bonds is 11. The van der Waals surface area contributed by atoms with Crippen molar-refractivity contribution in [2.24, 2.45) is 5.73 Å². The first-order valence-electron chi connectivity index (χ1n) is 11.5. The molecular formula is C28H29FN2O4. The highest BCUT2D eigenvalue weighted by molar-refractivity contribution is 5.93. The third-order valence-electron chi connectivity index (χ3n) is 5.79.